The molecule has 3 aliphatic rings. The second-order valence-corrected chi connectivity index (χ2v) is 10.7. The third-order valence-corrected chi connectivity index (χ3v) is 8.37. The van der Waals surface area contributed by atoms with Gasteiger partial charge in [0.1, 0.15) is 22.8 Å². The predicted molar refractivity (Wildman–Crippen MR) is 143 cm³/mol. The first-order chi connectivity index (χ1) is 19.1. The highest BCUT2D eigenvalue weighted by Gasteiger charge is 2.54. The van der Waals surface area contributed by atoms with E-state index in [1.165, 1.54) is 46.3 Å². The summed E-state index contributed by atoms with van der Waals surface area (Å²) in [5.74, 6) is -3.27. The maximum Gasteiger partial charge on any atom is 0.352 e. The van der Waals surface area contributed by atoms with E-state index in [4.69, 9.17) is 5.73 Å². The molecular formula is C23H19N7O8S2. The van der Waals surface area contributed by atoms with Gasteiger partial charge in [0.15, 0.2) is 10.8 Å². The molecule has 2 aromatic rings. The van der Waals surface area contributed by atoms with Crippen LogP contribution in [0.5, 0.6) is 0 Å². The third kappa shape index (κ3) is 4.64. The molecule has 0 aliphatic carbocycles. The molecule has 1 aromatic heterocycles. The predicted octanol–water partition coefficient (Wildman–Crippen LogP) is 0.914. The first-order valence-electron chi connectivity index (χ1n) is 11.5. The van der Waals surface area contributed by atoms with E-state index in [1.54, 1.807) is 6.07 Å². The maximum absolute atomic E-state index is 13.1. The Balaban J connectivity index is 1.35. The van der Waals surface area contributed by atoms with Gasteiger partial charge in [-0.05, 0) is 24.1 Å². The van der Waals surface area contributed by atoms with Gasteiger partial charge in [0.25, 0.3) is 23.4 Å². The van der Waals surface area contributed by atoms with Crippen LogP contribution in [0.4, 0.5) is 16.5 Å². The van der Waals surface area contributed by atoms with E-state index in [9.17, 15) is 39.6 Å². The number of amides is 3. The minimum Gasteiger partial charge on any atom is -0.477 e. The van der Waals surface area contributed by atoms with E-state index < -0.39 is 45.7 Å². The summed E-state index contributed by atoms with van der Waals surface area (Å²) in [7, 11) is 0. The molecule has 15 nitrogen and oxygen atoms in total. The normalized spacial score (nSPS) is 21.9. The summed E-state index contributed by atoms with van der Waals surface area (Å²) < 4.78 is 0. The van der Waals surface area contributed by atoms with Gasteiger partial charge < -0.3 is 26.3 Å². The number of non-ortho nitro benzene ring substituents is 1. The standard InChI is InChI=1S/C23H19N7O8S2/c24-23-25-14(9-40-23)15(27-36)18(31)26-16-20(33)29-17(22(34)35)11(8-39-21(16)29)6-10-4-5-28(19(10)32)12-2-1-3-13(7-12)30(37)38/h1-3,6-7,9,16,21,36H,4-5,8H2,(H2,24,25)(H,26,31)(H,34,35)/t16-,21-/m1/s1. The van der Waals surface area contributed by atoms with Crippen LogP contribution in [0.3, 0.4) is 0 Å². The Labute approximate surface area is 232 Å². The average molecular weight is 586 g/mol. The average Bonchev–Trinajstić information content (AvgIpc) is 3.52. The second kappa shape index (κ2) is 10.4. The molecule has 2 fully saturated rings. The number of nitro groups is 1. The fourth-order valence-electron chi connectivity index (χ4n) is 4.55. The highest BCUT2D eigenvalue weighted by molar-refractivity contribution is 8.00. The van der Waals surface area contributed by atoms with Crippen molar-refractivity contribution >= 4 is 69.0 Å². The zero-order chi connectivity index (χ0) is 28.7. The second-order valence-electron chi connectivity index (χ2n) is 8.71. The number of carbonyl (C=O) groups is 4. The Bertz CT molecular complexity index is 1570. The first kappa shape index (κ1) is 26.8. The summed E-state index contributed by atoms with van der Waals surface area (Å²) in [6, 6.07) is 4.55. The number of anilines is 2. The number of nitro benzene ring substituents is 1. The molecule has 3 aliphatic heterocycles. The number of thiazole rings is 1. The largest absolute Gasteiger partial charge is 0.477 e. The van der Waals surface area contributed by atoms with Crippen molar-refractivity contribution in [2.75, 3.05) is 22.9 Å². The molecule has 0 bridgehead atoms. The minimum atomic E-state index is -1.38. The number of nitrogen functional groups attached to an aromatic ring is 1. The number of benzene rings is 1. The van der Waals surface area contributed by atoms with Crippen molar-refractivity contribution in [2.24, 2.45) is 5.16 Å². The van der Waals surface area contributed by atoms with Crippen molar-refractivity contribution < 1.29 is 34.4 Å². The van der Waals surface area contributed by atoms with Crippen LogP contribution in [0.2, 0.25) is 0 Å². The number of nitrogens with two attached hydrogens (primary N) is 1. The van der Waals surface area contributed by atoms with Gasteiger partial charge in [0, 0.05) is 35.4 Å². The van der Waals surface area contributed by atoms with E-state index in [2.05, 4.69) is 15.5 Å². The highest BCUT2D eigenvalue weighted by Crippen LogP contribution is 2.41. The Morgan fingerprint density at radius 2 is 2.10 bits per heavy atom. The number of carboxylic acids is 1. The molecule has 1 aromatic carbocycles. The summed E-state index contributed by atoms with van der Waals surface area (Å²) in [6.45, 7) is 0.243. The molecule has 5 rings (SSSR count). The molecule has 0 radical (unpaired) electrons. The van der Waals surface area contributed by atoms with Crippen LogP contribution in [0.1, 0.15) is 12.1 Å². The number of rotatable bonds is 7. The van der Waals surface area contributed by atoms with E-state index in [-0.39, 0.29) is 46.5 Å². The summed E-state index contributed by atoms with van der Waals surface area (Å²) in [5, 5.41) is 36.6. The number of β-lactam (4-membered cyclic amide) rings is 1. The van der Waals surface area contributed by atoms with Gasteiger partial charge in [-0.2, -0.15) is 0 Å². The van der Waals surface area contributed by atoms with Crippen LogP contribution in [-0.2, 0) is 19.2 Å². The fraction of sp³-hybridized carbons (Fsp3) is 0.217. The number of nitrogens with zero attached hydrogens (tertiary/aromatic N) is 5. The number of oxime groups is 1. The SMILES string of the molecule is Nc1nc(C(=NO)C(=O)N[C@@H]2C(=O)N3C(C(=O)O)=C(C=C4CCN(c5cccc([N+](=O)[O-])c5)C4=O)CS[C@H]23)cs1. The molecule has 5 N–H and O–H groups in total. The lowest BCUT2D eigenvalue weighted by molar-refractivity contribution is -0.384. The van der Waals surface area contributed by atoms with Crippen LogP contribution < -0.4 is 16.0 Å². The molecule has 17 heteroatoms. The van der Waals surface area contributed by atoms with Gasteiger partial charge in [-0.1, -0.05) is 11.2 Å². The molecule has 0 unspecified atom stereocenters. The van der Waals surface area contributed by atoms with Crippen LogP contribution in [-0.4, -0.2) is 78.2 Å². The van der Waals surface area contributed by atoms with Gasteiger partial charge >= 0.3 is 5.97 Å². The van der Waals surface area contributed by atoms with Crippen LogP contribution in [0, 0.1) is 10.1 Å². The van der Waals surface area contributed by atoms with E-state index in [1.807, 2.05) is 0 Å². The maximum atomic E-state index is 13.1. The zero-order valence-electron chi connectivity index (χ0n) is 20.2. The van der Waals surface area contributed by atoms with Crippen molar-refractivity contribution in [3.63, 3.8) is 0 Å². The molecule has 40 heavy (non-hydrogen) atoms. The van der Waals surface area contributed by atoms with Crippen LogP contribution >= 0.6 is 23.1 Å². The highest BCUT2D eigenvalue weighted by atomic mass is 32.2. The topological polar surface area (TPSA) is 222 Å². The summed E-state index contributed by atoms with van der Waals surface area (Å²) in [4.78, 5) is 67.8. The van der Waals surface area contributed by atoms with Crippen molar-refractivity contribution in [1.29, 1.82) is 0 Å². The van der Waals surface area contributed by atoms with E-state index >= 15 is 0 Å². The minimum absolute atomic E-state index is 0.0165. The number of thioether (sulfide) groups is 1. The Morgan fingerprint density at radius 1 is 1.32 bits per heavy atom. The Hall–Kier alpha value is -4.77. The monoisotopic (exact) mass is 585 g/mol. The lowest BCUT2D eigenvalue weighted by atomic mass is 10.0. The smallest absolute Gasteiger partial charge is 0.352 e. The van der Waals surface area contributed by atoms with Crippen molar-refractivity contribution in [3.05, 3.63) is 68.4 Å². The molecule has 0 saturated carbocycles. The lowest BCUT2D eigenvalue weighted by Crippen LogP contribution is -2.71. The number of carbonyl (C=O) groups excluding carboxylic acids is 3. The molecule has 0 spiro atoms. The molecule has 2 atom stereocenters. The van der Waals surface area contributed by atoms with Gasteiger partial charge in [-0.15, -0.1) is 23.1 Å². The fourth-order valence-corrected chi connectivity index (χ4v) is 6.41. The van der Waals surface area contributed by atoms with Crippen LogP contribution in [0.25, 0.3) is 0 Å². The number of carboxylic acid groups (broad SMARTS) is 1. The van der Waals surface area contributed by atoms with Gasteiger partial charge in [-0.3, -0.25) is 29.4 Å². The number of fused-ring (bicyclic) bond motifs is 1. The van der Waals surface area contributed by atoms with Crippen molar-refractivity contribution in [3.8, 4) is 0 Å². The Kier molecular flexibility index (Phi) is 6.99. The van der Waals surface area contributed by atoms with E-state index in [0.717, 1.165) is 16.2 Å². The number of allylic oxidation sites excluding steroid dienone is 1. The third-order valence-electron chi connectivity index (χ3n) is 6.39. The zero-order valence-corrected chi connectivity index (χ0v) is 21.8. The number of hydrogen-bond donors (Lipinski definition) is 4. The molecule has 3 amide bonds. The van der Waals surface area contributed by atoms with Gasteiger partial charge in [0.2, 0.25) is 0 Å². The first-order valence-corrected chi connectivity index (χ1v) is 13.5. The Morgan fingerprint density at radius 3 is 2.75 bits per heavy atom. The van der Waals surface area contributed by atoms with Crippen LogP contribution in [0.15, 0.2) is 57.7 Å². The summed E-state index contributed by atoms with van der Waals surface area (Å²) in [5.41, 5.74) is 5.53. The molecule has 206 valence electrons. The van der Waals surface area contributed by atoms with Gasteiger partial charge in [-0.25, -0.2) is 9.78 Å². The number of nitrogens with one attached hydrogen (secondary N) is 1. The number of aromatic nitrogens is 1. The lowest BCUT2D eigenvalue weighted by Gasteiger charge is -2.49. The van der Waals surface area contributed by atoms with Crippen molar-refractivity contribution in [2.45, 2.75) is 17.8 Å². The summed E-state index contributed by atoms with van der Waals surface area (Å²) >= 11 is 2.22. The van der Waals surface area contributed by atoms with E-state index in [0.29, 0.717) is 11.3 Å². The molecule has 2 saturated heterocycles. The number of hydrogen-bond acceptors (Lipinski definition) is 12. The van der Waals surface area contributed by atoms with Crippen molar-refractivity contribution in [1.82, 2.24) is 15.2 Å². The number of aliphatic carboxylic acids is 1. The van der Waals surface area contributed by atoms with Gasteiger partial charge in [0.05, 0.1) is 10.6 Å². The summed E-state index contributed by atoms with van der Waals surface area (Å²) in [6.07, 6.45) is 1.71. The molecular weight excluding hydrogens is 566 g/mol. The molecule has 4 heterocycles. The quantitative estimate of drug-likeness (QED) is 0.0893.